The fourth-order valence-corrected chi connectivity index (χ4v) is 3.42. The van der Waals surface area contributed by atoms with Gasteiger partial charge in [-0.1, -0.05) is 54.6 Å². The SMILES string of the molecule is Fc1ccc(/C=C/CN2CCN(CCCCc3ccccc3)CC2)cc1. The van der Waals surface area contributed by atoms with Gasteiger partial charge in [0.2, 0.25) is 0 Å². The molecule has 0 atom stereocenters. The molecule has 0 radical (unpaired) electrons. The van der Waals surface area contributed by atoms with Crippen LogP contribution in [-0.4, -0.2) is 49.1 Å². The number of piperazine rings is 1. The molecule has 1 aliphatic rings. The Morgan fingerprint density at radius 3 is 2.23 bits per heavy atom. The van der Waals surface area contributed by atoms with Gasteiger partial charge in [0.1, 0.15) is 5.82 Å². The molecule has 0 spiro atoms. The normalized spacial score (nSPS) is 16.3. The average molecular weight is 352 g/mol. The summed E-state index contributed by atoms with van der Waals surface area (Å²) < 4.78 is 12.9. The molecule has 0 aliphatic carbocycles. The van der Waals surface area contributed by atoms with Crippen LogP contribution in [0.5, 0.6) is 0 Å². The quantitative estimate of drug-likeness (QED) is 0.646. The molecule has 0 N–H and O–H groups in total. The van der Waals surface area contributed by atoms with Gasteiger partial charge in [-0.3, -0.25) is 4.90 Å². The summed E-state index contributed by atoms with van der Waals surface area (Å²) in [6, 6.07) is 17.4. The number of halogens is 1. The Balaban J connectivity index is 1.28. The summed E-state index contributed by atoms with van der Waals surface area (Å²) in [6.07, 6.45) is 8.00. The van der Waals surface area contributed by atoms with Gasteiger partial charge in [-0.25, -0.2) is 4.39 Å². The first-order valence-electron chi connectivity index (χ1n) is 9.70. The topological polar surface area (TPSA) is 6.48 Å². The summed E-state index contributed by atoms with van der Waals surface area (Å²) >= 11 is 0. The third-order valence-corrected chi connectivity index (χ3v) is 5.04. The fourth-order valence-electron chi connectivity index (χ4n) is 3.42. The van der Waals surface area contributed by atoms with Crippen LogP contribution >= 0.6 is 0 Å². The van der Waals surface area contributed by atoms with Gasteiger partial charge in [0.15, 0.2) is 0 Å². The van der Waals surface area contributed by atoms with Crippen molar-refractivity contribution in [2.24, 2.45) is 0 Å². The molecule has 1 aliphatic heterocycles. The van der Waals surface area contributed by atoms with Crippen molar-refractivity contribution in [1.82, 2.24) is 9.80 Å². The molecule has 1 fully saturated rings. The summed E-state index contributed by atoms with van der Waals surface area (Å²) in [7, 11) is 0. The number of nitrogens with zero attached hydrogens (tertiary/aromatic N) is 2. The van der Waals surface area contributed by atoms with Gasteiger partial charge in [-0.05, 0) is 49.1 Å². The second-order valence-corrected chi connectivity index (χ2v) is 7.04. The molecule has 3 rings (SSSR count). The first-order chi connectivity index (χ1) is 12.8. The molecule has 26 heavy (non-hydrogen) atoms. The predicted molar refractivity (Wildman–Crippen MR) is 108 cm³/mol. The minimum absolute atomic E-state index is 0.179. The third kappa shape index (κ3) is 6.40. The molecule has 1 heterocycles. The molecule has 2 aromatic carbocycles. The molecule has 0 amide bonds. The van der Waals surface area contributed by atoms with Crippen LogP contribution in [0.4, 0.5) is 4.39 Å². The third-order valence-electron chi connectivity index (χ3n) is 5.04. The highest BCUT2D eigenvalue weighted by Crippen LogP contribution is 2.09. The predicted octanol–water partition coefficient (Wildman–Crippen LogP) is 4.48. The number of unbranched alkanes of at least 4 members (excludes halogenated alkanes) is 1. The van der Waals surface area contributed by atoms with Gasteiger partial charge >= 0.3 is 0 Å². The van der Waals surface area contributed by atoms with E-state index in [-0.39, 0.29) is 5.82 Å². The van der Waals surface area contributed by atoms with Crippen molar-refractivity contribution in [1.29, 1.82) is 0 Å². The van der Waals surface area contributed by atoms with Gasteiger partial charge in [0, 0.05) is 32.7 Å². The Bertz CT molecular complexity index is 658. The lowest BCUT2D eigenvalue weighted by Gasteiger charge is -2.34. The van der Waals surface area contributed by atoms with Gasteiger partial charge in [-0.2, -0.15) is 0 Å². The summed E-state index contributed by atoms with van der Waals surface area (Å²) in [5, 5.41) is 0. The number of aryl methyl sites for hydroxylation is 1. The number of hydrogen-bond donors (Lipinski definition) is 0. The van der Waals surface area contributed by atoms with Crippen molar-refractivity contribution in [2.45, 2.75) is 19.3 Å². The van der Waals surface area contributed by atoms with E-state index in [2.05, 4.69) is 52.3 Å². The number of rotatable bonds is 8. The van der Waals surface area contributed by atoms with Crippen LogP contribution in [0.3, 0.4) is 0 Å². The standard InChI is InChI=1S/C23H29FN2/c24-23-13-11-22(12-14-23)10-6-16-26-19-17-25(18-20-26)15-5-4-9-21-7-2-1-3-8-21/h1-3,6-8,10-14H,4-5,9,15-20H2/b10-6+. The molecule has 0 bridgehead atoms. The summed E-state index contributed by atoms with van der Waals surface area (Å²) in [5.41, 5.74) is 2.51. The van der Waals surface area contributed by atoms with Crippen LogP contribution in [0.15, 0.2) is 60.7 Å². The zero-order valence-corrected chi connectivity index (χ0v) is 15.5. The van der Waals surface area contributed by atoms with E-state index in [0.717, 1.165) is 38.3 Å². The maximum atomic E-state index is 12.9. The Labute approximate surface area is 156 Å². The molecule has 2 nitrogen and oxygen atoms in total. The van der Waals surface area contributed by atoms with Crippen molar-refractivity contribution in [3.8, 4) is 0 Å². The highest BCUT2D eigenvalue weighted by molar-refractivity contribution is 5.48. The lowest BCUT2D eigenvalue weighted by molar-refractivity contribution is 0.141. The van der Waals surface area contributed by atoms with E-state index in [0.29, 0.717) is 0 Å². The Hall–Kier alpha value is -1.97. The first kappa shape index (κ1) is 18.8. The molecule has 0 saturated carbocycles. The zero-order chi connectivity index (χ0) is 18.0. The van der Waals surface area contributed by atoms with Crippen LogP contribution in [0.25, 0.3) is 6.08 Å². The number of benzene rings is 2. The molecule has 2 aromatic rings. The van der Waals surface area contributed by atoms with Crippen molar-refractivity contribution >= 4 is 6.08 Å². The lowest BCUT2D eigenvalue weighted by atomic mass is 10.1. The summed E-state index contributed by atoms with van der Waals surface area (Å²) in [6.45, 7) is 6.77. The van der Waals surface area contributed by atoms with Crippen LogP contribution in [-0.2, 0) is 6.42 Å². The van der Waals surface area contributed by atoms with Crippen LogP contribution in [0.1, 0.15) is 24.0 Å². The Morgan fingerprint density at radius 2 is 1.50 bits per heavy atom. The first-order valence-corrected chi connectivity index (χ1v) is 9.70. The molecule has 138 valence electrons. The van der Waals surface area contributed by atoms with E-state index in [1.807, 2.05) is 12.1 Å². The molecule has 3 heteroatoms. The Kier molecular flexibility index (Phi) is 7.41. The molecular formula is C23H29FN2. The smallest absolute Gasteiger partial charge is 0.123 e. The van der Waals surface area contributed by atoms with Crippen molar-refractivity contribution in [2.75, 3.05) is 39.3 Å². The molecular weight excluding hydrogens is 323 g/mol. The van der Waals surface area contributed by atoms with Crippen LogP contribution < -0.4 is 0 Å². The van der Waals surface area contributed by atoms with Gasteiger partial charge < -0.3 is 4.90 Å². The van der Waals surface area contributed by atoms with E-state index < -0.39 is 0 Å². The van der Waals surface area contributed by atoms with Crippen LogP contribution in [0.2, 0.25) is 0 Å². The van der Waals surface area contributed by atoms with E-state index in [9.17, 15) is 4.39 Å². The van der Waals surface area contributed by atoms with Crippen molar-refractivity contribution in [3.63, 3.8) is 0 Å². The largest absolute Gasteiger partial charge is 0.301 e. The highest BCUT2D eigenvalue weighted by atomic mass is 19.1. The lowest BCUT2D eigenvalue weighted by Crippen LogP contribution is -2.46. The van der Waals surface area contributed by atoms with Gasteiger partial charge in [-0.15, -0.1) is 0 Å². The van der Waals surface area contributed by atoms with Gasteiger partial charge in [0.05, 0.1) is 0 Å². The Morgan fingerprint density at radius 1 is 0.808 bits per heavy atom. The zero-order valence-electron chi connectivity index (χ0n) is 15.5. The molecule has 1 saturated heterocycles. The molecule has 0 aromatic heterocycles. The average Bonchev–Trinajstić information content (AvgIpc) is 2.69. The second-order valence-electron chi connectivity index (χ2n) is 7.04. The number of hydrogen-bond acceptors (Lipinski definition) is 2. The minimum atomic E-state index is -0.179. The van der Waals surface area contributed by atoms with E-state index in [4.69, 9.17) is 0 Å². The van der Waals surface area contributed by atoms with Crippen LogP contribution in [0, 0.1) is 5.82 Å². The van der Waals surface area contributed by atoms with Crippen molar-refractivity contribution in [3.05, 3.63) is 77.6 Å². The second kappa shape index (κ2) is 10.2. The minimum Gasteiger partial charge on any atom is -0.301 e. The summed E-state index contributed by atoms with van der Waals surface area (Å²) in [5.74, 6) is -0.179. The van der Waals surface area contributed by atoms with Crippen molar-refractivity contribution < 1.29 is 4.39 Å². The fraction of sp³-hybridized carbons (Fsp3) is 0.391. The summed E-state index contributed by atoms with van der Waals surface area (Å²) in [4.78, 5) is 5.08. The maximum Gasteiger partial charge on any atom is 0.123 e. The highest BCUT2D eigenvalue weighted by Gasteiger charge is 2.15. The molecule has 0 unspecified atom stereocenters. The van der Waals surface area contributed by atoms with Gasteiger partial charge in [0.25, 0.3) is 0 Å². The monoisotopic (exact) mass is 352 g/mol. The maximum absolute atomic E-state index is 12.9. The van der Waals surface area contributed by atoms with E-state index in [1.165, 1.54) is 43.5 Å². The van der Waals surface area contributed by atoms with E-state index >= 15 is 0 Å². The van der Waals surface area contributed by atoms with E-state index in [1.54, 1.807) is 0 Å².